The Bertz CT molecular complexity index is 1250. The van der Waals surface area contributed by atoms with Crippen LogP contribution >= 0.6 is 11.6 Å². The minimum Gasteiger partial charge on any atom is -0.337 e. The number of rotatable bonds is 4. The monoisotopic (exact) mass is 490 g/mol. The molecule has 1 aromatic heterocycles. The van der Waals surface area contributed by atoms with Gasteiger partial charge in [-0.05, 0) is 55.7 Å². The molecule has 0 radical (unpaired) electrons. The predicted molar refractivity (Wildman–Crippen MR) is 124 cm³/mol. The van der Waals surface area contributed by atoms with Crippen molar-refractivity contribution in [1.29, 1.82) is 0 Å². The van der Waals surface area contributed by atoms with E-state index in [-0.39, 0.29) is 23.5 Å². The molecule has 0 unspecified atom stereocenters. The molecule has 34 heavy (non-hydrogen) atoms. The number of anilines is 1. The Kier molecular flexibility index (Phi) is 6.65. The van der Waals surface area contributed by atoms with Crippen molar-refractivity contribution in [2.45, 2.75) is 31.5 Å². The van der Waals surface area contributed by atoms with Gasteiger partial charge in [0.25, 0.3) is 5.91 Å². The van der Waals surface area contributed by atoms with Gasteiger partial charge in [0.2, 0.25) is 11.9 Å². The van der Waals surface area contributed by atoms with Gasteiger partial charge in [-0.2, -0.15) is 13.2 Å². The summed E-state index contributed by atoms with van der Waals surface area (Å²) in [7, 11) is 0. The van der Waals surface area contributed by atoms with E-state index in [0.29, 0.717) is 35.6 Å². The van der Waals surface area contributed by atoms with Crippen LogP contribution in [0.3, 0.4) is 0 Å². The van der Waals surface area contributed by atoms with Crippen molar-refractivity contribution in [3.8, 4) is 0 Å². The zero-order valence-corrected chi connectivity index (χ0v) is 18.9. The van der Waals surface area contributed by atoms with Gasteiger partial charge in [-0.3, -0.25) is 14.9 Å². The van der Waals surface area contributed by atoms with Crippen LogP contribution in [0.25, 0.3) is 11.0 Å². The molecule has 2 amide bonds. The van der Waals surface area contributed by atoms with Crippen LogP contribution in [-0.2, 0) is 11.0 Å². The molecular formula is C24H22ClF3N4O2. The number of alkyl halides is 3. The smallest absolute Gasteiger partial charge is 0.337 e. The molecule has 4 rings (SSSR count). The summed E-state index contributed by atoms with van der Waals surface area (Å²) >= 11 is 6.49. The molecule has 1 N–H and O–H groups in total. The summed E-state index contributed by atoms with van der Waals surface area (Å²) in [6, 6.07) is 9.09. The number of imidazole rings is 1. The average molecular weight is 491 g/mol. The molecule has 6 nitrogen and oxygen atoms in total. The number of likely N-dealkylation sites (tertiary alicyclic amines) is 1. The molecule has 1 aliphatic rings. The summed E-state index contributed by atoms with van der Waals surface area (Å²) in [5.41, 5.74) is 0.0435. The van der Waals surface area contributed by atoms with Gasteiger partial charge in [-0.1, -0.05) is 30.3 Å². The maximum Gasteiger partial charge on any atom is 0.416 e. The number of hydrogen-bond acceptors (Lipinski definition) is 3. The molecule has 10 heteroatoms. The van der Waals surface area contributed by atoms with Gasteiger partial charge in [0, 0.05) is 18.7 Å². The van der Waals surface area contributed by atoms with Crippen molar-refractivity contribution >= 4 is 40.4 Å². The zero-order valence-electron chi connectivity index (χ0n) is 18.1. The first-order chi connectivity index (χ1) is 16.2. The number of nitrogens with one attached hydrogen (secondary N) is 1. The fraction of sp³-hybridized carbons (Fsp3) is 0.292. The second-order valence-electron chi connectivity index (χ2n) is 8.08. The summed E-state index contributed by atoms with van der Waals surface area (Å²) in [6.07, 6.45) is -0.973. The lowest BCUT2D eigenvalue weighted by Gasteiger charge is -2.26. The van der Waals surface area contributed by atoms with Crippen LogP contribution in [0.4, 0.5) is 19.1 Å². The Morgan fingerprint density at radius 3 is 2.68 bits per heavy atom. The molecule has 0 spiro atoms. The highest BCUT2D eigenvalue weighted by Gasteiger charge is 2.31. The third-order valence-corrected chi connectivity index (χ3v) is 6.14. The first kappa shape index (κ1) is 23.8. The van der Waals surface area contributed by atoms with Crippen LogP contribution < -0.4 is 5.32 Å². The van der Waals surface area contributed by atoms with Gasteiger partial charge >= 0.3 is 6.18 Å². The number of halogens is 4. The maximum atomic E-state index is 13.1. The lowest BCUT2D eigenvalue weighted by molar-refractivity contribution is -0.137. The Morgan fingerprint density at radius 1 is 1.18 bits per heavy atom. The second-order valence-corrected chi connectivity index (χ2v) is 8.49. The summed E-state index contributed by atoms with van der Waals surface area (Å²) in [5.74, 6) is -0.771. The van der Waals surface area contributed by atoms with E-state index in [2.05, 4.69) is 16.9 Å². The Morgan fingerprint density at radius 2 is 1.94 bits per heavy atom. The zero-order chi connectivity index (χ0) is 24.5. The SMILES string of the molecule is C=CC(=O)N1CCCC[C@@H](n2c(NC(=O)c3cccc(C(F)(F)F)c3)nc3cccc(Cl)c32)C1. The minimum absolute atomic E-state index is 0.149. The molecule has 1 aliphatic heterocycles. The number of carbonyl (C=O) groups excluding carboxylic acids is 2. The molecule has 3 aromatic rings. The number of aromatic nitrogens is 2. The molecule has 1 fully saturated rings. The van der Waals surface area contributed by atoms with E-state index in [4.69, 9.17) is 11.6 Å². The first-order valence-electron chi connectivity index (χ1n) is 10.8. The van der Waals surface area contributed by atoms with Gasteiger partial charge in [0.1, 0.15) is 0 Å². The van der Waals surface area contributed by atoms with Crippen LogP contribution in [0.1, 0.15) is 41.2 Å². The van der Waals surface area contributed by atoms with E-state index >= 15 is 0 Å². The standard InChI is InChI=1S/C24H22ClF3N4O2/c1-2-20(33)31-12-4-3-9-17(14-31)32-21-18(25)10-6-11-19(21)29-23(32)30-22(34)15-7-5-8-16(13-15)24(26,27)28/h2,5-8,10-11,13,17H,1,3-4,9,12,14H2,(H,29,30,34)/t17-/m1/s1. The van der Waals surface area contributed by atoms with E-state index in [0.717, 1.165) is 25.0 Å². The highest BCUT2D eigenvalue weighted by atomic mass is 35.5. The van der Waals surface area contributed by atoms with Crippen molar-refractivity contribution in [3.63, 3.8) is 0 Å². The number of hydrogen-bond donors (Lipinski definition) is 1. The predicted octanol–water partition coefficient (Wildman–Crippen LogP) is 5.70. The quantitative estimate of drug-likeness (QED) is 0.477. The van der Waals surface area contributed by atoms with Crippen LogP contribution in [0, 0.1) is 0 Å². The number of nitrogens with zero attached hydrogens (tertiary/aromatic N) is 3. The highest BCUT2D eigenvalue weighted by molar-refractivity contribution is 6.35. The lowest BCUT2D eigenvalue weighted by atomic mass is 10.1. The normalized spacial score (nSPS) is 16.8. The summed E-state index contributed by atoms with van der Waals surface area (Å²) in [4.78, 5) is 31.4. The van der Waals surface area contributed by atoms with E-state index in [9.17, 15) is 22.8 Å². The van der Waals surface area contributed by atoms with Gasteiger partial charge in [0.15, 0.2) is 0 Å². The van der Waals surface area contributed by atoms with Crippen molar-refractivity contribution in [3.05, 3.63) is 71.3 Å². The highest BCUT2D eigenvalue weighted by Crippen LogP contribution is 2.34. The molecule has 0 bridgehead atoms. The number of carbonyl (C=O) groups is 2. The number of para-hydroxylation sites is 1. The molecule has 178 valence electrons. The minimum atomic E-state index is -4.57. The largest absolute Gasteiger partial charge is 0.416 e. The Balaban J connectivity index is 1.75. The number of fused-ring (bicyclic) bond motifs is 1. The van der Waals surface area contributed by atoms with Crippen LogP contribution in [0.2, 0.25) is 5.02 Å². The van der Waals surface area contributed by atoms with Crippen LogP contribution in [-0.4, -0.2) is 39.4 Å². The molecule has 1 saturated heterocycles. The Labute approximate surface area is 199 Å². The Hall–Kier alpha value is -3.33. The van der Waals surface area contributed by atoms with E-state index in [1.807, 2.05) is 0 Å². The molecule has 2 aromatic carbocycles. The fourth-order valence-electron chi connectivity index (χ4n) is 4.22. The molecule has 2 heterocycles. The molecule has 0 aliphatic carbocycles. The second kappa shape index (κ2) is 9.50. The van der Waals surface area contributed by atoms with Gasteiger partial charge in [0.05, 0.1) is 27.7 Å². The van der Waals surface area contributed by atoms with Crippen LogP contribution in [0.15, 0.2) is 55.1 Å². The third kappa shape index (κ3) is 4.79. The fourth-order valence-corrected chi connectivity index (χ4v) is 4.48. The van der Waals surface area contributed by atoms with Crippen LogP contribution in [0.5, 0.6) is 0 Å². The van der Waals surface area contributed by atoms with E-state index in [1.54, 1.807) is 27.7 Å². The van der Waals surface area contributed by atoms with Gasteiger partial charge in [-0.25, -0.2) is 4.98 Å². The van der Waals surface area contributed by atoms with Crippen molar-refractivity contribution in [2.24, 2.45) is 0 Å². The van der Waals surface area contributed by atoms with E-state index in [1.165, 1.54) is 18.2 Å². The summed E-state index contributed by atoms with van der Waals surface area (Å²) in [6.45, 7) is 4.50. The third-order valence-electron chi connectivity index (χ3n) is 5.84. The summed E-state index contributed by atoms with van der Waals surface area (Å²) < 4.78 is 41.1. The van der Waals surface area contributed by atoms with E-state index < -0.39 is 17.6 Å². The molecule has 1 atom stereocenters. The van der Waals surface area contributed by atoms with Crippen molar-refractivity contribution in [1.82, 2.24) is 14.5 Å². The molecule has 0 saturated carbocycles. The topological polar surface area (TPSA) is 67.2 Å². The number of benzene rings is 2. The summed E-state index contributed by atoms with van der Waals surface area (Å²) in [5, 5.41) is 3.07. The van der Waals surface area contributed by atoms with Gasteiger partial charge < -0.3 is 9.47 Å². The maximum absolute atomic E-state index is 13.1. The number of amides is 2. The average Bonchev–Trinajstić information content (AvgIpc) is 3.00. The van der Waals surface area contributed by atoms with Crippen molar-refractivity contribution in [2.75, 3.05) is 18.4 Å². The first-order valence-corrected chi connectivity index (χ1v) is 11.1. The van der Waals surface area contributed by atoms with Crippen molar-refractivity contribution < 1.29 is 22.8 Å². The lowest BCUT2D eigenvalue weighted by Crippen LogP contribution is -2.34. The molecular weight excluding hydrogens is 469 g/mol. The van der Waals surface area contributed by atoms with Gasteiger partial charge in [-0.15, -0.1) is 0 Å².